The maximum absolute atomic E-state index is 13.2. The van der Waals surface area contributed by atoms with E-state index in [1.807, 2.05) is 6.08 Å². The normalized spacial score (nSPS) is 20.4. The minimum Gasteiger partial charge on any atom is -0.394 e. The third-order valence-electron chi connectivity index (χ3n) is 13.4. The summed E-state index contributed by atoms with van der Waals surface area (Å²) in [7, 11) is -5.12. The maximum atomic E-state index is 13.2. The van der Waals surface area contributed by atoms with Crippen LogP contribution in [0.4, 0.5) is 0 Å². The summed E-state index contributed by atoms with van der Waals surface area (Å²) in [5, 5.41) is 55.5. The van der Waals surface area contributed by atoms with Gasteiger partial charge in [0.15, 0.2) is 6.29 Å². The van der Waals surface area contributed by atoms with Crippen molar-refractivity contribution in [3.63, 3.8) is 0 Å². The van der Waals surface area contributed by atoms with E-state index in [-0.39, 0.29) is 6.42 Å². The van der Waals surface area contributed by atoms with Crippen LogP contribution in [0.1, 0.15) is 258 Å². The Labute approximate surface area is 409 Å². The van der Waals surface area contributed by atoms with Gasteiger partial charge in [0.2, 0.25) is 5.91 Å². The van der Waals surface area contributed by atoms with Crippen molar-refractivity contribution in [1.29, 1.82) is 0 Å². The summed E-state index contributed by atoms with van der Waals surface area (Å²) in [4.78, 5) is 13.2. The van der Waals surface area contributed by atoms with Crippen molar-refractivity contribution >= 4 is 16.3 Å². The van der Waals surface area contributed by atoms with Gasteiger partial charge in [0, 0.05) is 0 Å². The minimum atomic E-state index is -5.12. The molecule has 0 bridgehead atoms. The molecule has 1 rings (SSSR count). The van der Waals surface area contributed by atoms with Gasteiger partial charge in [-0.15, -0.1) is 0 Å². The van der Waals surface area contributed by atoms with Crippen molar-refractivity contribution in [1.82, 2.24) is 5.32 Å². The molecule has 8 unspecified atom stereocenters. The molecule has 8 atom stereocenters. The number of nitrogens with one attached hydrogen (secondary N) is 1. The largest absolute Gasteiger partial charge is 0.397 e. The highest BCUT2D eigenvalue weighted by molar-refractivity contribution is 7.80. The van der Waals surface area contributed by atoms with Crippen LogP contribution >= 0.6 is 0 Å². The van der Waals surface area contributed by atoms with Crippen LogP contribution in [0, 0.1) is 0 Å². The number of ether oxygens (including phenoxy) is 2. The van der Waals surface area contributed by atoms with Gasteiger partial charge in [-0.05, 0) is 19.3 Å². The third-order valence-corrected chi connectivity index (χ3v) is 13.9. The van der Waals surface area contributed by atoms with Crippen molar-refractivity contribution in [2.75, 3.05) is 13.2 Å². The van der Waals surface area contributed by atoms with Crippen LogP contribution in [0.25, 0.3) is 0 Å². The van der Waals surface area contributed by atoms with Crippen molar-refractivity contribution in [3.8, 4) is 0 Å². The second-order valence-electron chi connectivity index (χ2n) is 19.7. The zero-order chi connectivity index (χ0) is 49.2. The molecule has 0 spiro atoms. The van der Waals surface area contributed by atoms with Gasteiger partial charge in [-0.3, -0.25) is 9.35 Å². The number of amides is 1. The van der Waals surface area contributed by atoms with E-state index in [4.69, 9.17) is 9.47 Å². The van der Waals surface area contributed by atoms with E-state index in [1.54, 1.807) is 6.08 Å². The maximum Gasteiger partial charge on any atom is 0.397 e. The van der Waals surface area contributed by atoms with Gasteiger partial charge in [0.05, 0.1) is 25.4 Å². The molecule has 1 amide bonds. The number of rotatable bonds is 48. The van der Waals surface area contributed by atoms with E-state index >= 15 is 0 Å². The number of unbranched alkanes of at least 4 members (excludes halogenated alkanes) is 35. The van der Waals surface area contributed by atoms with Crippen LogP contribution in [-0.4, -0.2) is 107 Å². The minimum absolute atomic E-state index is 0.249. The Kier molecular flexibility index (Phi) is 41.5. The lowest BCUT2D eigenvalue weighted by Crippen LogP contribution is -2.61. The summed E-state index contributed by atoms with van der Waals surface area (Å²) in [6.07, 6.45) is 38.5. The molecule has 14 heteroatoms. The molecule has 1 aliphatic heterocycles. The number of carbonyl (C=O) groups excluding carboxylic acids is 1. The monoisotopic (exact) mass is 978 g/mol. The quantitative estimate of drug-likeness (QED) is 0.0172. The Balaban J connectivity index is 2.46. The van der Waals surface area contributed by atoms with Crippen molar-refractivity contribution < 1.29 is 57.0 Å². The lowest BCUT2D eigenvalue weighted by atomic mass is 9.99. The highest BCUT2D eigenvalue weighted by Crippen LogP contribution is 2.26. The summed E-state index contributed by atoms with van der Waals surface area (Å²) >= 11 is 0. The molecular weight excluding hydrogens is 875 g/mol. The first-order valence-corrected chi connectivity index (χ1v) is 29.0. The van der Waals surface area contributed by atoms with Crippen molar-refractivity contribution in [2.24, 2.45) is 0 Å². The number of hydrogen-bond acceptors (Lipinski definition) is 11. The summed E-state index contributed by atoms with van der Waals surface area (Å²) < 4.78 is 47.7. The third kappa shape index (κ3) is 35.5. The Morgan fingerprint density at radius 1 is 0.597 bits per heavy atom. The molecule has 1 fully saturated rings. The van der Waals surface area contributed by atoms with Crippen LogP contribution in [0.5, 0.6) is 0 Å². The van der Waals surface area contributed by atoms with E-state index in [9.17, 15) is 43.3 Å². The van der Waals surface area contributed by atoms with Crippen LogP contribution in [0.15, 0.2) is 12.2 Å². The number of carbonyl (C=O) groups is 1. The van der Waals surface area contributed by atoms with Crippen molar-refractivity contribution in [2.45, 2.75) is 307 Å². The van der Waals surface area contributed by atoms with Gasteiger partial charge < -0.3 is 40.3 Å². The van der Waals surface area contributed by atoms with E-state index in [0.29, 0.717) is 12.8 Å². The molecular formula is C53H103NO12S. The van der Waals surface area contributed by atoms with E-state index in [2.05, 4.69) is 23.3 Å². The zero-order valence-electron chi connectivity index (χ0n) is 42.6. The molecule has 1 aliphatic rings. The van der Waals surface area contributed by atoms with E-state index in [1.165, 1.54) is 186 Å². The Morgan fingerprint density at radius 3 is 1.34 bits per heavy atom. The average Bonchev–Trinajstić information content (AvgIpc) is 3.30. The summed E-state index contributed by atoms with van der Waals surface area (Å²) in [6, 6.07) is -1.12. The van der Waals surface area contributed by atoms with Gasteiger partial charge in [-0.2, -0.15) is 8.42 Å². The van der Waals surface area contributed by atoms with E-state index in [0.717, 1.165) is 38.5 Å². The molecule has 0 aromatic heterocycles. The molecule has 0 saturated carbocycles. The second kappa shape index (κ2) is 43.6. The molecule has 1 saturated heterocycles. The molecule has 0 aliphatic carbocycles. The second-order valence-corrected chi connectivity index (χ2v) is 20.7. The number of aliphatic hydroxyl groups is 5. The zero-order valence-corrected chi connectivity index (χ0v) is 43.4. The molecule has 398 valence electrons. The highest BCUT2D eigenvalue weighted by Gasteiger charge is 2.48. The fourth-order valence-electron chi connectivity index (χ4n) is 9.05. The molecule has 0 radical (unpaired) electrons. The molecule has 0 aromatic rings. The van der Waals surface area contributed by atoms with Gasteiger partial charge >= 0.3 is 10.4 Å². The van der Waals surface area contributed by atoms with Crippen LogP contribution in [-0.2, 0) is 28.9 Å². The Hall–Kier alpha value is -1.20. The van der Waals surface area contributed by atoms with Crippen LogP contribution in [0.2, 0.25) is 0 Å². The molecule has 13 nitrogen and oxygen atoms in total. The Morgan fingerprint density at radius 2 is 0.970 bits per heavy atom. The first kappa shape index (κ1) is 63.8. The van der Waals surface area contributed by atoms with Gasteiger partial charge in [-0.25, -0.2) is 4.18 Å². The Bertz CT molecular complexity index is 1260. The van der Waals surface area contributed by atoms with Gasteiger partial charge in [0.1, 0.15) is 30.5 Å². The first-order valence-electron chi connectivity index (χ1n) is 27.7. The summed E-state index contributed by atoms with van der Waals surface area (Å²) in [6.45, 7) is 3.27. The topological polar surface area (TPSA) is 212 Å². The fraction of sp³-hybridized carbons (Fsp3) is 0.943. The highest BCUT2D eigenvalue weighted by atomic mass is 32.3. The summed E-state index contributed by atoms with van der Waals surface area (Å²) in [5.74, 6) is -0.696. The van der Waals surface area contributed by atoms with Crippen LogP contribution in [0.3, 0.4) is 0 Å². The predicted octanol–water partition coefficient (Wildman–Crippen LogP) is 11.3. The van der Waals surface area contributed by atoms with Crippen LogP contribution < -0.4 is 5.32 Å². The number of allylic oxidation sites excluding steroid dienone is 1. The first-order chi connectivity index (χ1) is 32.4. The summed E-state index contributed by atoms with van der Waals surface area (Å²) in [5.41, 5.74) is 0. The molecule has 7 N–H and O–H groups in total. The lowest BCUT2D eigenvalue weighted by molar-refractivity contribution is -0.298. The smallest absolute Gasteiger partial charge is 0.394 e. The van der Waals surface area contributed by atoms with Gasteiger partial charge in [-0.1, -0.05) is 251 Å². The molecule has 0 aromatic carbocycles. The number of aliphatic hydroxyl groups excluding tert-OH is 5. The van der Waals surface area contributed by atoms with Gasteiger partial charge in [0.25, 0.3) is 0 Å². The fourth-order valence-corrected chi connectivity index (χ4v) is 9.56. The van der Waals surface area contributed by atoms with E-state index < -0.39 is 78.5 Å². The van der Waals surface area contributed by atoms with Crippen molar-refractivity contribution in [3.05, 3.63) is 12.2 Å². The lowest BCUT2D eigenvalue weighted by Gasteiger charge is -2.41. The molecule has 67 heavy (non-hydrogen) atoms. The SMILES string of the molecule is CCCCCCCCCCCCCCCCCCC/C=C/C(O)C(COC1OC(CO)C(O)C(OS(=O)(=O)O)C1O)NC(=O)C(O)CCCCCCCCCCCCCCCCCCCCC. The average molecular weight is 978 g/mol. The molecule has 1 heterocycles. The number of hydrogen-bond donors (Lipinski definition) is 7. The standard InChI is InChI=1S/C53H103NO12S/c1-3-5-7-9-11-13-15-17-19-21-23-25-27-29-31-33-35-37-39-41-46(56)45(44-64-53-50(59)51(66-67(61,62)63)49(58)48(43-55)65-53)54-52(60)47(57)42-40-38-36-34-32-30-28-26-24-22-20-18-16-14-12-10-8-6-4-2/h39,41,45-51,53,55-59H,3-38,40,42-44H2,1-2H3,(H,54,60)(H,61,62,63)/b41-39+. The predicted molar refractivity (Wildman–Crippen MR) is 270 cm³/mol.